The Bertz CT molecular complexity index is 816. The lowest BCUT2D eigenvalue weighted by Gasteiger charge is -2.19. The van der Waals surface area contributed by atoms with E-state index in [1.54, 1.807) is 17.9 Å². The van der Waals surface area contributed by atoms with Gasteiger partial charge in [-0.1, -0.05) is 12.1 Å². The Labute approximate surface area is 163 Å². The summed E-state index contributed by atoms with van der Waals surface area (Å²) in [4.78, 5) is 23.0. The molecule has 0 bridgehead atoms. The van der Waals surface area contributed by atoms with Crippen LogP contribution in [-0.2, 0) is 18.3 Å². The number of carbonyl (C=O) groups is 2. The van der Waals surface area contributed by atoms with E-state index in [1.807, 2.05) is 13.0 Å². The Morgan fingerprint density at radius 3 is 2.93 bits per heavy atom. The first-order chi connectivity index (χ1) is 13.4. The average molecular weight is 389 g/mol. The van der Waals surface area contributed by atoms with Crippen molar-refractivity contribution < 1.29 is 14.7 Å². The summed E-state index contributed by atoms with van der Waals surface area (Å²) in [5, 5.41) is 29.3. The molecule has 10 heteroatoms. The molecular formula is C18H27N7O3. The molecule has 2 aromatic heterocycles. The fourth-order valence-corrected chi connectivity index (χ4v) is 3.91. The maximum absolute atomic E-state index is 12.1. The quantitative estimate of drug-likeness (QED) is 0.545. The fourth-order valence-electron chi connectivity index (χ4n) is 3.91. The summed E-state index contributed by atoms with van der Waals surface area (Å²) >= 11 is 0. The normalized spacial score (nSPS) is 20.1. The number of carbonyl (C=O) groups excluding carboxylic acids is 1. The first-order valence-electron chi connectivity index (χ1n) is 9.62. The van der Waals surface area contributed by atoms with Crippen LogP contribution < -0.4 is 10.6 Å². The van der Waals surface area contributed by atoms with E-state index in [1.165, 1.54) is 0 Å². The molecule has 152 valence electrons. The Morgan fingerprint density at radius 2 is 2.25 bits per heavy atom. The summed E-state index contributed by atoms with van der Waals surface area (Å²) in [6.45, 7) is 2.00. The van der Waals surface area contributed by atoms with Gasteiger partial charge in [0.2, 0.25) is 5.91 Å². The zero-order chi connectivity index (χ0) is 20.1. The maximum atomic E-state index is 12.1. The second kappa shape index (κ2) is 8.85. The van der Waals surface area contributed by atoms with Gasteiger partial charge in [0.25, 0.3) is 0 Å². The van der Waals surface area contributed by atoms with Crippen LogP contribution in [0.4, 0.5) is 10.6 Å². The van der Waals surface area contributed by atoms with Crippen LogP contribution in [-0.4, -0.2) is 48.3 Å². The van der Waals surface area contributed by atoms with E-state index in [9.17, 15) is 9.59 Å². The van der Waals surface area contributed by atoms with Gasteiger partial charge in [-0.25, -0.2) is 4.79 Å². The van der Waals surface area contributed by atoms with Crippen LogP contribution in [0.15, 0.2) is 12.3 Å². The molecule has 10 nitrogen and oxygen atoms in total. The predicted octanol–water partition coefficient (Wildman–Crippen LogP) is 2.04. The molecule has 0 spiro atoms. The number of nitrogens with zero attached hydrogens (tertiary/aromatic N) is 4. The minimum atomic E-state index is -0.961. The molecule has 3 rings (SSSR count). The van der Waals surface area contributed by atoms with Crippen LogP contribution in [0.2, 0.25) is 0 Å². The number of carboxylic acid groups (broad SMARTS) is 1. The monoisotopic (exact) mass is 389 g/mol. The Morgan fingerprint density at radius 1 is 1.43 bits per heavy atom. The number of hydrogen-bond acceptors (Lipinski definition) is 5. The van der Waals surface area contributed by atoms with Gasteiger partial charge in [-0.05, 0) is 38.0 Å². The summed E-state index contributed by atoms with van der Waals surface area (Å²) in [6.07, 6.45) is 5.63. The number of rotatable bonds is 8. The van der Waals surface area contributed by atoms with Crippen molar-refractivity contribution in [3.8, 4) is 0 Å². The molecule has 2 aromatic rings. The van der Waals surface area contributed by atoms with Gasteiger partial charge in [0, 0.05) is 37.0 Å². The van der Waals surface area contributed by atoms with Crippen molar-refractivity contribution in [2.75, 3.05) is 5.32 Å². The smallest absolute Gasteiger partial charge is 0.404 e. The molecule has 3 unspecified atom stereocenters. The van der Waals surface area contributed by atoms with E-state index >= 15 is 0 Å². The Hall–Kier alpha value is -2.91. The number of aryl methyl sites for hydroxylation is 1. The summed E-state index contributed by atoms with van der Waals surface area (Å²) in [6, 6.07) is 1.88. The van der Waals surface area contributed by atoms with Crippen molar-refractivity contribution in [2.24, 2.45) is 13.0 Å². The van der Waals surface area contributed by atoms with Crippen LogP contribution in [0, 0.1) is 5.92 Å². The first kappa shape index (κ1) is 19.8. The third-order valence-corrected chi connectivity index (χ3v) is 5.28. The number of aromatic nitrogens is 5. The Balaban J connectivity index is 1.50. The molecule has 2 amide bonds. The summed E-state index contributed by atoms with van der Waals surface area (Å²) < 4.78 is 1.56. The molecule has 1 fully saturated rings. The molecule has 4 N–H and O–H groups in total. The number of H-pyrrole nitrogens is 1. The molecule has 0 aliphatic heterocycles. The number of aromatic amines is 1. The van der Waals surface area contributed by atoms with Gasteiger partial charge < -0.3 is 15.7 Å². The lowest BCUT2D eigenvalue weighted by atomic mass is 9.95. The number of hydrogen-bond donors (Lipinski definition) is 4. The summed E-state index contributed by atoms with van der Waals surface area (Å²) in [7, 11) is 1.75. The van der Waals surface area contributed by atoms with Crippen molar-refractivity contribution >= 4 is 17.8 Å². The molecule has 2 heterocycles. The second-order valence-corrected chi connectivity index (χ2v) is 7.48. The highest BCUT2D eigenvalue weighted by Crippen LogP contribution is 2.40. The van der Waals surface area contributed by atoms with Gasteiger partial charge in [-0.3, -0.25) is 14.6 Å². The third-order valence-electron chi connectivity index (χ3n) is 5.28. The highest BCUT2D eigenvalue weighted by atomic mass is 16.4. The van der Waals surface area contributed by atoms with E-state index in [2.05, 4.69) is 31.1 Å². The lowest BCUT2D eigenvalue weighted by Crippen LogP contribution is -2.34. The van der Waals surface area contributed by atoms with Gasteiger partial charge in [0.15, 0.2) is 5.82 Å². The molecular weight excluding hydrogens is 362 g/mol. The highest BCUT2D eigenvalue weighted by Gasteiger charge is 2.29. The fraction of sp³-hybridized carbons (Fsp3) is 0.611. The van der Waals surface area contributed by atoms with Gasteiger partial charge in [0.1, 0.15) is 0 Å². The molecule has 1 aliphatic rings. The van der Waals surface area contributed by atoms with Crippen molar-refractivity contribution in [1.29, 1.82) is 0 Å². The first-order valence-corrected chi connectivity index (χ1v) is 9.62. The summed E-state index contributed by atoms with van der Waals surface area (Å²) in [5.74, 6) is 1.16. The average Bonchev–Trinajstić information content (AvgIpc) is 3.35. The van der Waals surface area contributed by atoms with E-state index in [4.69, 9.17) is 5.11 Å². The third kappa shape index (κ3) is 5.30. The number of nitrogens with one attached hydrogen (secondary N) is 3. The van der Waals surface area contributed by atoms with Crippen LogP contribution in [0.5, 0.6) is 0 Å². The molecule has 0 aromatic carbocycles. The molecule has 3 atom stereocenters. The van der Waals surface area contributed by atoms with Gasteiger partial charge in [0.05, 0.1) is 12.1 Å². The molecule has 1 aliphatic carbocycles. The standard InChI is InChI=1S/C18H27N7O3/c1-3-13(19-18(27)28)7-11-4-5-12(6-11)15-9-16(23-22-15)20-17(26)8-14-10-25(2)24-21-14/h9-13,19H,3-8H2,1-2H3,(H,27,28)(H2,20,22,23,26). The molecule has 1 saturated carbocycles. The largest absolute Gasteiger partial charge is 0.465 e. The van der Waals surface area contributed by atoms with Crippen molar-refractivity contribution in [3.63, 3.8) is 0 Å². The van der Waals surface area contributed by atoms with E-state index in [0.717, 1.165) is 37.8 Å². The minimum absolute atomic E-state index is 0.000971. The lowest BCUT2D eigenvalue weighted by molar-refractivity contribution is -0.115. The van der Waals surface area contributed by atoms with Crippen LogP contribution in [0.25, 0.3) is 0 Å². The van der Waals surface area contributed by atoms with Crippen LogP contribution in [0.3, 0.4) is 0 Å². The molecule has 0 radical (unpaired) electrons. The van der Waals surface area contributed by atoms with Gasteiger partial charge >= 0.3 is 6.09 Å². The topological polar surface area (TPSA) is 138 Å². The van der Waals surface area contributed by atoms with Crippen molar-refractivity contribution in [1.82, 2.24) is 30.5 Å². The maximum Gasteiger partial charge on any atom is 0.404 e. The number of amides is 2. The van der Waals surface area contributed by atoms with Gasteiger partial charge in [-0.2, -0.15) is 5.10 Å². The van der Waals surface area contributed by atoms with Crippen LogP contribution >= 0.6 is 0 Å². The molecule has 0 saturated heterocycles. The second-order valence-electron chi connectivity index (χ2n) is 7.48. The van der Waals surface area contributed by atoms with Crippen molar-refractivity contribution in [2.45, 2.75) is 57.4 Å². The highest BCUT2D eigenvalue weighted by molar-refractivity contribution is 5.91. The minimum Gasteiger partial charge on any atom is -0.465 e. The van der Waals surface area contributed by atoms with Gasteiger partial charge in [-0.15, -0.1) is 5.10 Å². The SMILES string of the molecule is CCC(CC1CCC(c2cc(NC(=O)Cc3cn(C)nn3)n[nH]2)C1)NC(=O)O. The number of anilines is 1. The van der Waals surface area contributed by atoms with Crippen molar-refractivity contribution in [3.05, 3.63) is 23.7 Å². The van der Waals surface area contributed by atoms with Crippen LogP contribution in [0.1, 0.15) is 56.3 Å². The predicted molar refractivity (Wildman–Crippen MR) is 102 cm³/mol. The van der Waals surface area contributed by atoms with E-state index in [-0.39, 0.29) is 18.4 Å². The van der Waals surface area contributed by atoms with E-state index in [0.29, 0.717) is 23.3 Å². The summed E-state index contributed by atoms with van der Waals surface area (Å²) in [5.41, 5.74) is 1.62. The van der Waals surface area contributed by atoms with E-state index < -0.39 is 6.09 Å². The zero-order valence-electron chi connectivity index (χ0n) is 16.2. The molecule has 28 heavy (non-hydrogen) atoms. The Kier molecular flexibility index (Phi) is 6.27. The zero-order valence-corrected chi connectivity index (χ0v) is 16.2.